The van der Waals surface area contributed by atoms with Crippen molar-refractivity contribution in [1.29, 1.82) is 0 Å². The quantitative estimate of drug-likeness (QED) is 0.672. The van der Waals surface area contributed by atoms with E-state index in [0.717, 1.165) is 11.3 Å². The van der Waals surface area contributed by atoms with Crippen molar-refractivity contribution in [2.45, 2.75) is 38.6 Å². The molecule has 0 radical (unpaired) electrons. The van der Waals surface area contributed by atoms with E-state index in [1.54, 1.807) is 6.07 Å². The van der Waals surface area contributed by atoms with Crippen molar-refractivity contribution in [1.82, 2.24) is 9.55 Å². The summed E-state index contributed by atoms with van der Waals surface area (Å²) in [5.74, 6) is 0.450. The molecule has 0 bridgehead atoms. The molecular formula is C13H15BrClFN2. The number of hydrogen-bond acceptors (Lipinski definition) is 1. The van der Waals surface area contributed by atoms with E-state index in [4.69, 9.17) is 11.6 Å². The Morgan fingerprint density at radius 1 is 1.39 bits per heavy atom. The van der Waals surface area contributed by atoms with E-state index in [2.05, 4.69) is 46.3 Å². The van der Waals surface area contributed by atoms with Crippen molar-refractivity contribution in [2.24, 2.45) is 0 Å². The van der Waals surface area contributed by atoms with Crippen molar-refractivity contribution >= 4 is 38.6 Å². The summed E-state index contributed by atoms with van der Waals surface area (Å²) in [4.78, 5) is 4.45. The zero-order chi connectivity index (χ0) is 13.7. The zero-order valence-corrected chi connectivity index (χ0v) is 13.1. The summed E-state index contributed by atoms with van der Waals surface area (Å²) >= 11 is 9.39. The number of benzene rings is 1. The van der Waals surface area contributed by atoms with E-state index in [-0.39, 0.29) is 16.7 Å². The Bertz CT molecular complexity index is 599. The minimum absolute atomic E-state index is 0.162. The lowest BCUT2D eigenvalue weighted by Gasteiger charge is -2.25. The van der Waals surface area contributed by atoms with Gasteiger partial charge in [0, 0.05) is 11.6 Å². The maximum absolute atomic E-state index is 13.6. The third-order valence-corrected chi connectivity index (χ3v) is 3.55. The summed E-state index contributed by atoms with van der Waals surface area (Å²) in [7, 11) is 0. The number of aromatic nitrogens is 2. The minimum Gasteiger partial charge on any atom is -0.321 e. The SMILES string of the molecule is CC(Cl)c1nc2cc(F)c(Br)cc2n1C(C)(C)C. The summed E-state index contributed by atoms with van der Waals surface area (Å²) < 4.78 is 16.1. The predicted molar refractivity (Wildman–Crippen MR) is 76.7 cm³/mol. The first kappa shape index (κ1) is 13.8. The molecule has 2 rings (SSSR count). The monoisotopic (exact) mass is 332 g/mol. The molecule has 1 aromatic carbocycles. The molecule has 1 aromatic heterocycles. The van der Waals surface area contributed by atoms with Crippen molar-refractivity contribution in [3.05, 3.63) is 28.2 Å². The fourth-order valence-electron chi connectivity index (χ4n) is 2.06. The predicted octanol–water partition coefficient (Wildman–Crippen LogP) is 4.99. The molecule has 0 aliphatic heterocycles. The van der Waals surface area contributed by atoms with Crippen LogP contribution in [-0.4, -0.2) is 9.55 Å². The first-order chi connectivity index (χ1) is 8.21. The van der Waals surface area contributed by atoms with Gasteiger partial charge >= 0.3 is 0 Å². The highest BCUT2D eigenvalue weighted by atomic mass is 79.9. The molecule has 0 saturated heterocycles. The van der Waals surface area contributed by atoms with E-state index in [0.29, 0.717) is 9.99 Å². The molecule has 5 heteroatoms. The number of fused-ring (bicyclic) bond motifs is 1. The molecule has 1 unspecified atom stereocenters. The molecule has 0 aliphatic rings. The molecule has 0 N–H and O–H groups in total. The Hall–Kier alpha value is -0.610. The Labute approximate surface area is 119 Å². The molecule has 1 heterocycles. The van der Waals surface area contributed by atoms with Gasteiger partial charge in [0.1, 0.15) is 11.6 Å². The Morgan fingerprint density at radius 3 is 2.50 bits per heavy atom. The molecule has 1 atom stereocenters. The van der Waals surface area contributed by atoms with Gasteiger partial charge in [-0.3, -0.25) is 0 Å². The highest BCUT2D eigenvalue weighted by Gasteiger charge is 2.24. The summed E-state index contributed by atoms with van der Waals surface area (Å²) in [6.45, 7) is 8.10. The first-order valence-electron chi connectivity index (χ1n) is 5.73. The summed E-state index contributed by atoms with van der Waals surface area (Å²) in [5, 5.41) is -0.224. The fourth-order valence-corrected chi connectivity index (χ4v) is 2.54. The number of alkyl halides is 1. The van der Waals surface area contributed by atoms with E-state index in [1.165, 1.54) is 6.07 Å². The lowest BCUT2D eigenvalue weighted by atomic mass is 10.1. The topological polar surface area (TPSA) is 17.8 Å². The molecule has 18 heavy (non-hydrogen) atoms. The van der Waals surface area contributed by atoms with Crippen LogP contribution in [0, 0.1) is 5.82 Å². The Kier molecular flexibility index (Phi) is 3.45. The Balaban J connectivity index is 2.86. The van der Waals surface area contributed by atoms with E-state index in [1.807, 2.05) is 6.92 Å². The number of imidazole rings is 1. The highest BCUT2D eigenvalue weighted by Crippen LogP contribution is 2.32. The van der Waals surface area contributed by atoms with Crippen LogP contribution in [0.5, 0.6) is 0 Å². The molecule has 0 saturated carbocycles. The minimum atomic E-state index is -0.310. The standard InChI is InChI=1S/C13H15BrClFN2/c1-7(15)12-17-10-6-9(16)8(14)5-11(10)18(12)13(2,3)4/h5-7H,1-4H3. The van der Waals surface area contributed by atoms with Crippen molar-refractivity contribution in [3.8, 4) is 0 Å². The van der Waals surface area contributed by atoms with Gasteiger partial charge in [0.2, 0.25) is 0 Å². The van der Waals surface area contributed by atoms with E-state index in [9.17, 15) is 4.39 Å². The molecular weight excluding hydrogens is 319 g/mol. The van der Waals surface area contributed by atoms with E-state index >= 15 is 0 Å². The first-order valence-corrected chi connectivity index (χ1v) is 6.96. The molecule has 2 nitrogen and oxygen atoms in total. The maximum Gasteiger partial charge on any atom is 0.139 e. The summed E-state index contributed by atoms with van der Waals surface area (Å²) in [6.07, 6.45) is 0. The van der Waals surface area contributed by atoms with Gasteiger partial charge in [0.15, 0.2) is 0 Å². The van der Waals surface area contributed by atoms with E-state index < -0.39 is 0 Å². The van der Waals surface area contributed by atoms with Gasteiger partial charge in [-0.15, -0.1) is 11.6 Å². The lowest BCUT2D eigenvalue weighted by Crippen LogP contribution is -2.24. The van der Waals surface area contributed by atoms with Crippen LogP contribution in [0.1, 0.15) is 38.9 Å². The normalized spacial score (nSPS) is 14.2. The second kappa shape index (κ2) is 4.49. The number of hydrogen-bond donors (Lipinski definition) is 0. The van der Waals surface area contributed by atoms with Crippen molar-refractivity contribution < 1.29 is 4.39 Å². The second-order valence-electron chi connectivity index (χ2n) is 5.35. The summed E-state index contributed by atoms with van der Waals surface area (Å²) in [6, 6.07) is 3.19. The molecule has 0 fully saturated rings. The van der Waals surface area contributed by atoms with Gasteiger partial charge in [0.25, 0.3) is 0 Å². The summed E-state index contributed by atoms with van der Waals surface area (Å²) in [5.41, 5.74) is 1.36. The molecule has 0 amide bonds. The van der Waals surface area contributed by atoms with Crippen LogP contribution >= 0.6 is 27.5 Å². The van der Waals surface area contributed by atoms with Gasteiger partial charge in [-0.05, 0) is 49.7 Å². The molecule has 0 spiro atoms. The second-order valence-corrected chi connectivity index (χ2v) is 6.86. The van der Waals surface area contributed by atoms with Crippen LogP contribution in [0.15, 0.2) is 16.6 Å². The number of nitrogens with zero attached hydrogens (tertiary/aromatic N) is 2. The van der Waals surface area contributed by atoms with Crippen LogP contribution in [0.25, 0.3) is 11.0 Å². The Morgan fingerprint density at radius 2 is 2.00 bits per heavy atom. The van der Waals surface area contributed by atoms with Crippen LogP contribution in [0.4, 0.5) is 4.39 Å². The highest BCUT2D eigenvalue weighted by molar-refractivity contribution is 9.10. The average molecular weight is 334 g/mol. The largest absolute Gasteiger partial charge is 0.321 e. The lowest BCUT2D eigenvalue weighted by molar-refractivity contribution is 0.394. The maximum atomic E-state index is 13.6. The smallest absolute Gasteiger partial charge is 0.139 e. The van der Waals surface area contributed by atoms with Crippen LogP contribution < -0.4 is 0 Å². The fraction of sp³-hybridized carbons (Fsp3) is 0.462. The van der Waals surface area contributed by atoms with Gasteiger partial charge in [0.05, 0.1) is 20.9 Å². The van der Waals surface area contributed by atoms with Crippen LogP contribution in [0.3, 0.4) is 0 Å². The van der Waals surface area contributed by atoms with Gasteiger partial charge in [-0.2, -0.15) is 0 Å². The van der Waals surface area contributed by atoms with Crippen LogP contribution in [-0.2, 0) is 5.54 Å². The van der Waals surface area contributed by atoms with Crippen molar-refractivity contribution in [2.75, 3.05) is 0 Å². The third-order valence-electron chi connectivity index (χ3n) is 2.75. The van der Waals surface area contributed by atoms with Gasteiger partial charge < -0.3 is 4.57 Å². The third kappa shape index (κ3) is 2.28. The number of rotatable bonds is 1. The van der Waals surface area contributed by atoms with Gasteiger partial charge in [-0.1, -0.05) is 0 Å². The average Bonchev–Trinajstić information content (AvgIpc) is 2.56. The number of halogens is 3. The zero-order valence-electron chi connectivity index (χ0n) is 10.8. The molecule has 0 aliphatic carbocycles. The van der Waals surface area contributed by atoms with Gasteiger partial charge in [-0.25, -0.2) is 9.37 Å². The molecule has 2 aromatic rings. The van der Waals surface area contributed by atoms with Crippen LogP contribution in [0.2, 0.25) is 0 Å². The van der Waals surface area contributed by atoms with Crippen molar-refractivity contribution in [3.63, 3.8) is 0 Å². The molecule has 98 valence electrons.